The molecule has 15 heavy (non-hydrogen) atoms. The SMILES string of the molecule is CC(C)(C)[NH3+].CC(C)(C)[NH3+].[O]=[W](=[O])([O-])[O-]. The number of hydrogen-bond acceptors (Lipinski definition) is 4. The molecule has 0 aromatic rings. The van der Waals surface area contributed by atoms with Crippen LogP contribution in [0.1, 0.15) is 41.5 Å². The van der Waals surface area contributed by atoms with Gasteiger partial charge in [0, 0.05) is 0 Å². The van der Waals surface area contributed by atoms with Gasteiger partial charge >= 0.3 is 31.1 Å². The predicted molar refractivity (Wildman–Crippen MR) is 46.7 cm³/mol. The minimum absolute atomic E-state index is 0.250. The van der Waals surface area contributed by atoms with Crippen molar-refractivity contribution < 1.29 is 42.5 Å². The standard InChI is InChI=1S/2C4H11N.4O.W/c2*1-4(2,3)5;;;;;/h2*5H2,1-3H3;;;;;/q;;;;2*-1;/p+2. The topological polar surface area (TPSA) is 136 Å². The molecule has 0 bridgehead atoms. The van der Waals surface area contributed by atoms with Gasteiger partial charge in [-0.05, 0) is 41.5 Å². The molecule has 0 aliphatic carbocycles. The maximum atomic E-state index is 8.65. The Bertz CT molecular complexity index is 204. The van der Waals surface area contributed by atoms with Crippen molar-refractivity contribution in [3.8, 4) is 0 Å². The van der Waals surface area contributed by atoms with Crippen molar-refractivity contribution in [2.45, 2.75) is 52.6 Å². The van der Waals surface area contributed by atoms with Gasteiger partial charge in [-0.15, -0.1) is 0 Å². The van der Waals surface area contributed by atoms with Gasteiger partial charge in [0.2, 0.25) is 0 Å². The normalized spacial score (nSPS) is 11.9. The molecule has 6 N–H and O–H groups in total. The van der Waals surface area contributed by atoms with Crippen molar-refractivity contribution in [2.75, 3.05) is 0 Å². The van der Waals surface area contributed by atoms with E-state index in [0.717, 1.165) is 0 Å². The third kappa shape index (κ3) is 126000. The molecule has 0 aromatic heterocycles. The fourth-order valence-corrected chi connectivity index (χ4v) is 0. The summed E-state index contributed by atoms with van der Waals surface area (Å²) >= 11 is -6.17. The van der Waals surface area contributed by atoms with Crippen molar-refractivity contribution in [3.63, 3.8) is 0 Å². The van der Waals surface area contributed by atoms with Crippen molar-refractivity contribution >= 4 is 0 Å². The van der Waals surface area contributed by atoms with E-state index in [2.05, 4.69) is 53.0 Å². The van der Waals surface area contributed by atoms with Gasteiger partial charge in [-0.25, -0.2) is 0 Å². The molecule has 0 saturated carbocycles. The summed E-state index contributed by atoms with van der Waals surface area (Å²) in [6, 6.07) is 0. The monoisotopic (exact) mass is 396 g/mol. The van der Waals surface area contributed by atoms with Crippen LogP contribution in [0.3, 0.4) is 0 Å². The average molecular weight is 396 g/mol. The van der Waals surface area contributed by atoms with Crippen LogP contribution in [-0.2, 0) is 23.5 Å². The first kappa shape index (κ1) is 20.5. The van der Waals surface area contributed by atoms with E-state index in [0.29, 0.717) is 0 Å². The van der Waals surface area contributed by atoms with Crippen LogP contribution in [0.5, 0.6) is 0 Å². The molecule has 0 aliphatic rings. The Hall–Kier alpha value is 0.128. The van der Waals surface area contributed by atoms with Gasteiger partial charge in [-0.3, -0.25) is 0 Å². The summed E-state index contributed by atoms with van der Waals surface area (Å²) in [5.41, 5.74) is 8.04. The molecular formula is C8H24N2O4W. The minimum atomic E-state index is -6.17. The third-order valence-electron chi connectivity index (χ3n) is 0. The zero-order valence-corrected chi connectivity index (χ0v) is 13.4. The number of hydrogen-bond donors (Lipinski definition) is 2. The molecule has 0 heterocycles. The van der Waals surface area contributed by atoms with E-state index < -0.39 is 16.7 Å². The molecule has 96 valence electrons. The van der Waals surface area contributed by atoms with Gasteiger partial charge in [0.05, 0.1) is 11.1 Å². The van der Waals surface area contributed by atoms with Gasteiger partial charge in [0.15, 0.2) is 0 Å². The molecule has 0 saturated heterocycles. The van der Waals surface area contributed by atoms with Crippen molar-refractivity contribution in [1.29, 1.82) is 0 Å². The average Bonchev–Trinajstić information content (AvgIpc) is 1.41. The van der Waals surface area contributed by atoms with E-state index in [1.165, 1.54) is 0 Å². The van der Waals surface area contributed by atoms with E-state index in [1.807, 2.05) is 0 Å². The first-order valence-corrected chi connectivity index (χ1v) is 9.16. The Labute approximate surface area is 95.4 Å². The van der Waals surface area contributed by atoms with Crippen LogP contribution in [0.4, 0.5) is 0 Å². The molecular weight excluding hydrogens is 372 g/mol. The fourth-order valence-electron chi connectivity index (χ4n) is 0. The zero-order chi connectivity index (χ0) is 13.5. The van der Waals surface area contributed by atoms with E-state index in [9.17, 15) is 0 Å². The quantitative estimate of drug-likeness (QED) is 0.466. The van der Waals surface area contributed by atoms with Crippen LogP contribution < -0.4 is 19.0 Å². The predicted octanol–water partition coefficient (Wildman–Crippen LogP) is -2.56. The fraction of sp³-hybridized carbons (Fsp3) is 1.00. The molecule has 6 nitrogen and oxygen atoms in total. The van der Waals surface area contributed by atoms with Crippen LogP contribution in [0.2, 0.25) is 0 Å². The number of rotatable bonds is 0. The van der Waals surface area contributed by atoms with Gasteiger partial charge in [-0.2, -0.15) is 0 Å². The van der Waals surface area contributed by atoms with Crippen LogP contribution in [0.15, 0.2) is 0 Å². The third-order valence-corrected chi connectivity index (χ3v) is 0. The number of quaternary nitrogens is 2. The molecule has 0 aliphatic heterocycles. The molecule has 0 unspecified atom stereocenters. The zero-order valence-electron chi connectivity index (χ0n) is 10.5. The Morgan fingerprint density at radius 3 is 0.800 bits per heavy atom. The van der Waals surface area contributed by atoms with E-state index >= 15 is 0 Å². The molecule has 0 aromatic carbocycles. The summed E-state index contributed by atoms with van der Waals surface area (Å²) in [4.78, 5) is 0. The molecule has 0 atom stereocenters. The molecule has 0 spiro atoms. The van der Waals surface area contributed by atoms with Crippen LogP contribution in [0, 0.1) is 0 Å². The molecule has 0 radical (unpaired) electrons. The Morgan fingerprint density at radius 2 is 0.800 bits per heavy atom. The summed E-state index contributed by atoms with van der Waals surface area (Å²) in [7, 11) is 0. The van der Waals surface area contributed by atoms with Crippen molar-refractivity contribution in [3.05, 3.63) is 0 Å². The van der Waals surface area contributed by atoms with Crippen LogP contribution in [0.25, 0.3) is 0 Å². The summed E-state index contributed by atoms with van der Waals surface area (Å²) in [6.45, 7) is 12.5. The second-order valence-electron chi connectivity index (χ2n) is 5.53. The molecule has 0 fully saturated rings. The van der Waals surface area contributed by atoms with Gasteiger partial charge in [-0.1, -0.05) is 0 Å². The first-order chi connectivity index (χ1) is 6.00. The van der Waals surface area contributed by atoms with E-state index in [-0.39, 0.29) is 11.1 Å². The van der Waals surface area contributed by atoms with Crippen molar-refractivity contribution in [2.24, 2.45) is 0 Å². The Morgan fingerprint density at radius 1 is 0.800 bits per heavy atom. The Balaban J connectivity index is -0.000000144. The van der Waals surface area contributed by atoms with E-state index in [1.54, 1.807) is 0 Å². The van der Waals surface area contributed by atoms with Gasteiger partial charge < -0.3 is 11.5 Å². The first-order valence-electron chi connectivity index (χ1n) is 4.37. The Kier molecular flexibility index (Phi) is 10.1. The molecule has 0 rings (SSSR count). The van der Waals surface area contributed by atoms with Gasteiger partial charge in [0.1, 0.15) is 0 Å². The summed E-state index contributed by atoms with van der Waals surface area (Å²) in [5, 5.41) is 0. The summed E-state index contributed by atoms with van der Waals surface area (Å²) in [6.07, 6.45) is 0. The second-order valence-corrected chi connectivity index (χ2v) is 8.46. The second kappa shape index (κ2) is 7.41. The summed E-state index contributed by atoms with van der Waals surface area (Å²) < 4.78 is 34.6. The van der Waals surface area contributed by atoms with Gasteiger partial charge in [0.25, 0.3) is 0 Å². The van der Waals surface area contributed by atoms with Crippen molar-refractivity contribution in [1.82, 2.24) is 0 Å². The molecule has 7 heteroatoms. The summed E-state index contributed by atoms with van der Waals surface area (Å²) in [5.74, 6) is 0. The maximum absolute atomic E-state index is 8.65. The molecule has 0 amide bonds. The van der Waals surface area contributed by atoms with E-state index in [4.69, 9.17) is 14.3 Å². The van der Waals surface area contributed by atoms with Crippen LogP contribution in [-0.4, -0.2) is 11.1 Å². The van der Waals surface area contributed by atoms with Crippen LogP contribution >= 0.6 is 0 Å².